The average Bonchev–Trinajstić information content (AvgIpc) is 2.17. The average molecular weight is 191 g/mol. The van der Waals surface area contributed by atoms with Gasteiger partial charge in [-0.15, -0.1) is 0 Å². The van der Waals surface area contributed by atoms with Gasteiger partial charge in [0.1, 0.15) is 0 Å². The highest BCUT2D eigenvalue weighted by Gasteiger charge is 2.20. The Hall–Kier alpha value is -0.860. The predicted octanol–water partition coefficient (Wildman–Crippen LogP) is 2.34. The second kappa shape index (κ2) is 3.71. The molecule has 2 N–H and O–H groups in total. The van der Waals surface area contributed by atoms with Gasteiger partial charge in [0.15, 0.2) is 0 Å². The van der Waals surface area contributed by atoms with Gasteiger partial charge in [-0.2, -0.15) is 0 Å². The molecule has 1 aromatic rings. The van der Waals surface area contributed by atoms with Crippen LogP contribution >= 0.6 is 0 Å². The monoisotopic (exact) mass is 191 g/mol. The number of benzene rings is 1. The lowest BCUT2D eigenvalue weighted by Crippen LogP contribution is -2.24. The van der Waals surface area contributed by atoms with Gasteiger partial charge in [-0.25, -0.2) is 0 Å². The maximum atomic E-state index is 5.99. The molecule has 1 atom stereocenters. The Bertz CT molecular complexity index is 319. The minimum atomic E-state index is 0.0532. The molecule has 2 rings (SSSR count). The molecule has 0 saturated carbocycles. The Labute approximate surface area is 85.1 Å². The molecular formula is C12H17NO. The molecule has 0 spiro atoms. The number of ether oxygens (including phenoxy) is 1. The van der Waals surface area contributed by atoms with E-state index in [9.17, 15) is 0 Å². The molecule has 1 aromatic carbocycles. The predicted molar refractivity (Wildman–Crippen MR) is 57.1 cm³/mol. The van der Waals surface area contributed by atoms with Crippen LogP contribution in [0.2, 0.25) is 0 Å². The second-order valence-corrected chi connectivity index (χ2v) is 4.19. The van der Waals surface area contributed by atoms with E-state index in [-0.39, 0.29) is 6.04 Å². The van der Waals surface area contributed by atoms with Crippen LogP contribution in [0.25, 0.3) is 0 Å². The fourth-order valence-corrected chi connectivity index (χ4v) is 2.06. The SMILES string of the molecule is CC(C)c1cccc2c1COCC2N. The van der Waals surface area contributed by atoms with Crippen molar-refractivity contribution in [2.45, 2.75) is 32.4 Å². The molecule has 1 unspecified atom stereocenters. The zero-order chi connectivity index (χ0) is 10.1. The minimum Gasteiger partial charge on any atom is -0.375 e. The zero-order valence-corrected chi connectivity index (χ0v) is 8.79. The van der Waals surface area contributed by atoms with E-state index in [1.165, 1.54) is 16.7 Å². The number of fused-ring (bicyclic) bond motifs is 1. The van der Waals surface area contributed by atoms with Gasteiger partial charge in [0, 0.05) is 0 Å². The molecule has 14 heavy (non-hydrogen) atoms. The topological polar surface area (TPSA) is 35.2 Å². The van der Waals surface area contributed by atoms with E-state index in [1.54, 1.807) is 0 Å². The normalized spacial score (nSPS) is 21.0. The van der Waals surface area contributed by atoms with E-state index in [1.807, 2.05) is 0 Å². The zero-order valence-electron chi connectivity index (χ0n) is 8.79. The molecule has 0 bridgehead atoms. The third kappa shape index (κ3) is 1.56. The van der Waals surface area contributed by atoms with E-state index >= 15 is 0 Å². The quantitative estimate of drug-likeness (QED) is 0.739. The first-order chi connectivity index (χ1) is 6.70. The molecule has 1 aliphatic rings. The number of hydrogen-bond acceptors (Lipinski definition) is 2. The fourth-order valence-electron chi connectivity index (χ4n) is 2.06. The minimum absolute atomic E-state index is 0.0532. The van der Waals surface area contributed by atoms with Crippen molar-refractivity contribution in [1.29, 1.82) is 0 Å². The van der Waals surface area contributed by atoms with Crippen LogP contribution in [0.15, 0.2) is 18.2 Å². The molecule has 0 saturated heterocycles. The number of rotatable bonds is 1. The van der Waals surface area contributed by atoms with Crippen LogP contribution in [-0.4, -0.2) is 6.61 Å². The maximum Gasteiger partial charge on any atom is 0.0723 e. The highest BCUT2D eigenvalue weighted by atomic mass is 16.5. The van der Waals surface area contributed by atoms with Crippen LogP contribution in [0, 0.1) is 0 Å². The molecule has 2 heteroatoms. The molecule has 0 aliphatic carbocycles. The highest BCUT2D eigenvalue weighted by Crippen LogP contribution is 2.29. The van der Waals surface area contributed by atoms with Crippen LogP contribution in [0.3, 0.4) is 0 Å². The summed E-state index contributed by atoms with van der Waals surface area (Å²) in [6.45, 7) is 5.78. The molecule has 0 radical (unpaired) electrons. The van der Waals surface area contributed by atoms with Crippen LogP contribution in [0.1, 0.15) is 42.5 Å². The van der Waals surface area contributed by atoms with Gasteiger partial charge in [0.2, 0.25) is 0 Å². The standard InChI is InChI=1S/C12H17NO/c1-8(2)9-4-3-5-10-11(9)6-14-7-12(10)13/h3-5,8,12H,6-7,13H2,1-2H3. The summed E-state index contributed by atoms with van der Waals surface area (Å²) in [6.07, 6.45) is 0. The summed E-state index contributed by atoms with van der Waals surface area (Å²) in [6, 6.07) is 6.44. The van der Waals surface area contributed by atoms with E-state index in [0.29, 0.717) is 12.5 Å². The summed E-state index contributed by atoms with van der Waals surface area (Å²) in [4.78, 5) is 0. The van der Waals surface area contributed by atoms with Gasteiger partial charge in [-0.05, 0) is 22.6 Å². The van der Waals surface area contributed by atoms with E-state index in [0.717, 1.165) is 6.61 Å². The lowest BCUT2D eigenvalue weighted by Gasteiger charge is -2.26. The maximum absolute atomic E-state index is 5.99. The largest absolute Gasteiger partial charge is 0.375 e. The van der Waals surface area contributed by atoms with Gasteiger partial charge < -0.3 is 10.5 Å². The Morgan fingerprint density at radius 1 is 1.43 bits per heavy atom. The van der Waals surface area contributed by atoms with Gasteiger partial charge in [-0.3, -0.25) is 0 Å². The Morgan fingerprint density at radius 3 is 2.93 bits per heavy atom. The molecule has 1 aliphatic heterocycles. The molecular weight excluding hydrogens is 174 g/mol. The van der Waals surface area contributed by atoms with Crippen LogP contribution < -0.4 is 5.73 Å². The van der Waals surface area contributed by atoms with Gasteiger partial charge in [0.05, 0.1) is 19.3 Å². The van der Waals surface area contributed by atoms with Crippen LogP contribution in [0.4, 0.5) is 0 Å². The summed E-state index contributed by atoms with van der Waals surface area (Å²) >= 11 is 0. The van der Waals surface area contributed by atoms with Gasteiger partial charge in [-0.1, -0.05) is 32.0 Å². The fraction of sp³-hybridized carbons (Fsp3) is 0.500. The van der Waals surface area contributed by atoms with Crippen LogP contribution in [0.5, 0.6) is 0 Å². The van der Waals surface area contributed by atoms with Crippen molar-refractivity contribution in [2.75, 3.05) is 6.61 Å². The van der Waals surface area contributed by atoms with Crippen molar-refractivity contribution >= 4 is 0 Å². The number of nitrogens with two attached hydrogens (primary N) is 1. The third-order valence-electron chi connectivity index (χ3n) is 2.81. The third-order valence-corrected chi connectivity index (χ3v) is 2.81. The smallest absolute Gasteiger partial charge is 0.0723 e. The van der Waals surface area contributed by atoms with E-state index < -0.39 is 0 Å². The Morgan fingerprint density at radius 2 is 2.21 bits per heavy atom. The first-order valence-corrected chi connectivity index (χ1v) is 5.15. The Kier molecular flexibility index (Phi) is 2.57. The lowest BCUT2D eigenvalue weighted by molar-refractivity contribution is 0.0915. The molecule has 0 fully saturated rings. The summed E-state index contributed by atoms with van der Waals surface area (Å²) in [7, 11) is 0. The summed E-state index contributed by atoms with van der Waals surface area (Å²) in [5.74, 6) is 0.541. The first-order valence-electron chi connectivity index (χ1n) is 5.15. The van der Waals surface area contributed by atoms with Crippen LogP contribution in [-0.2, 0) is 11.3 Å². The van der Waals surface area contributed by atoms with Crippen molar-refractivity contribution in [2.24, 2.45) is 5.73 Å². The van der Waals surface area contributed by atoms with Crippen molar-refractivity contribution in [1.82, 2.24) is 0 Å². The van der Waals surface area contributed by atoms with Gasteiger partial charge >= 0.3 is 0 Å². The van der Waals surface area contributed by atoms with Crippen molar-refractivity contribution < 1.29 is 4.74 Å². The Balaban J connectivity index is 2.49. The molecule has 2 nitrogen and oxygen atoms in total. The van der Waals surface area contributed by atoms with Crippen molar-refractivity contribution in [3.8, 4) is 0 Å². The summed E-state index contributed by atoms with van der Waals surface area (Å²) in [5.41, 5.74) is 9.94. The van der Waals surface area contributed by atoms with E-state index in [4.69, 9.17) is 10.5 Å². The summed E-state index contributed by atoms with van der Waals surface area (Å²) < 4.78 is 5.47. The molecule has 0 amide bonds. The molecule has 0 aromatic heterocycles. The van der Waals surface area contributed by atoms with Crippen molar-refractivity contribution in [3.05, 3.63) is 34.9 Å². The summed E-state index contributed by atoms with van der Waals surface area (Å²) in [5, 5.41) is 0. The number of hydrogen-bond donors (Lipinski definition) is 1. The highest BCUT2D eigenvalue weighted by molar-refractivity contribution is 5.39. The van der Waals surface area contributed by atoms with Crippen molar-refractivity contribution in [3.63, 3.8) is 0 Å². The van der Waals surface area contributed by atoms with Gasteiger partial charge in [0.25, 0.3) is 0 Å². The molecule has 1 heterocycles. The molecule has 76 valence electrons. The first kappa shape index (κ1) is 9.69. The van der Waals surface area contributed by atoms with E-state index in [2.05, 4.69) is 32.0 Å². The second-order valence-electron chi connectivity index (χ2n) is 4.19. The lowest BCUT2D eigenvalue weighted by atomic mass is 9.90.